The van der Waals surface area contributed by atoms with E-state index in [1.165, 1.54) is 19.1 Å². The normalized spacial score (nSPS) is 14.2. The second kappa shape index (κ2) is 6.92. The van der Waals surface area contributed by atoms with Crippen LogP contribution in [0.2, 0.25) is 0 Å². The molecule has 0 saturated carbocycles. The van der Waals surface area contributed by atoms with Crippen LogP contribution < -0.4 is 0 Å². The zero-order chi connectivity index (χ0) is 18.8. The highest BCUT2D eigenvalue weighted by Gasteiger charge is 2.41. The maximum absolute atomic E-state index is 12.4. The largest absolute Gasteiger partial charge is 0.456 e. The third-order valence-corrected chi connectivity index (χ3v) is 4.27. The van der Waals surface area contributed by atoms with E-state index in [2.05, 4.69) is 0 Å². The summed E-state index contributed by atoms with van der Waals surface area (Å²) < 4.78 is 5.02. The van der Waals surface area contributed by atoms with Gasteiger partial charge < -0.3 is 4.74 Å². The lowest BCUT2D eigenvalue weighted by Gasteiger charge is -2.20. The van der Waals surface area contributed by atoms with Crippen LogP contribution >= 0.6 is 0 Å². The Balaban J connectivity index is 1.65. The molecule has 6 heteroatoms. The molecule has 2 aromatic rings. The van der Waals surface area contributed by atoms with E-state index in [1.54, 1.807) is 36.4 Å². The van der Waals surface area contributed by atoms with Crippen LogP contribution in [0.3, 0.4) is 0 Å². The zero-order valence-corrected chi connectivity index (χ0v) is 14.4. The number of amides is 2. The number of nitrogens with zero attached hydrogens (tertiary/aromatic N) is 1. The number of benzene rings is 2. The molecule has 1 aliphatic heterocycles. The Hall–Kier alpha value is -3.28. The summed E-state index contributed by atoms with van der Waals surface area (Å²) in [5.74, 6) is -2.24. The molecule has 1 atom stereocenters. The summed E-state index contributed by atoms with van der Waals surface area (Å²) in [5.41, 5.74) is 1.95. The molecule has 1 aliphatic rings. The van der Waals surface area contributed by atoms with Gasteiger partial charge in [0.25, 0.3) is 11.8 Å². The monoisotopic (exact) mass is 351 g/mol. The van der Waals surface area contributed by atoms with Crippen molar-refractivity contribution in [3.63, 3.8) is 0 Å². The predicted molar refractivity (Wildman–Crippen MR) is 92.9 cm³/mol. The number of hydrogen-bond donors (Lipinski definition) is 0. The molecule has 0 radical (unpaired) electrons. The number of imide groups is 1. The minimum atomic E-state index is -1.12. The highest BCUT2D eigenvalue weighted by molar-refractivity contribution is 6.22. The smallest absolute Gasteiger partial charge is 0.329 e. The quantitative estimate of drug-likeness (QED) is 0.469. The minimum Gasteiger partial charge on any atom is -0.456 e. The van der Waals surface area contributed by atoms with E-state index in [0.29, 0.717) is 5.56 Å². The number of aryl methyl sites for hydroxylation is 1. The lowest BCUT2D eigenvalue weighted by atomic mass is 10.1. The van der Waals surface area contributed by atoms with Crippen LogP contribution in [0.1, 0.15) is 43.6 Å². The van der Waals surface area contributed by atoms with Gasteiger partial charge in [0.05, 0.1) is 11.1 Å². The Morgan fingerprint density at radius 3 is 2.04 bits per heavy atom. The third-order valence-electron chi connectivity index (χ3n) is 4.27. The van der Waals surface area contributed by atoms with Gasteiger partial charge in [-0.15, -0.1) is 0 Å². The fourth-order valence-corrected chi connectivity index (χ4v) is 2.75. The topological polar surface area (TPSA) is 80.8 Å². The number of ketones is 1. The summed E-state index contributed by atoms with van der Waals surface area (Å²) in [7, 11) is 0. The third kappa shape index (κ3) is 3.13. The summed E-state index contributed by atoms with van der Waals surface area (Å²) in [6.45, 7) is 2.85. The van der Waals surface area contributed by atoms with Gasteiger partial charge in [0.2, 0.25) is 0 Å². The molecule has 6 nitrogen and oxygen atoms in total. The molecule has 2 aromatic carbocycles. The Bertz CT molecular complexity index is 866. The van der Waals surface area contributed by atoms with Crippen LogP contribution in [-0.4, -0.2) is 41.1 Å². The average molecular weight is 351 g/mol. The number of fused-ring (bicyclic) bond motifs is 1. The Morgan fingerprint density at radius 1 is 0.962 bits per heavy atom. The summed E-state index contributed by atoms with van der Waals surface area (Å²) >= 11 is 0. The number of carbonyl (C=O) groups excluding carboxylic acids is 4. The van der Waals surface area contributed by atoms with Gasteiger partial charge in [-0.05, 0) is 26.0 Å². The molecule has 0 spiro atoms. The first-order chi connectivity index (χ1) is 12.4. The van der Waals surface area contributed by atoms with Gasteiger partial charge in [0.1, 0.15) is 6.04 Å². The molecule has 0 aliphatic carbocycles. The molecule has 0 saturated heterocycles. The summed E-state index contributed by atoms with van der Waals surface area (Å²) in [6, 6.07) is 12.1. The second-order valence-corrected chi connectivity index (χ2v) is 6.10. The van der Waals surface area contributed by atoms with Crippen LogP contribution in [0.5, 0.6) is 0 Å². The van der Waals surface area contributed by atoms with E-state index >= 15 is 0 Å². The Morgan fingerprint density at radius 2 is 1.50 bits per heavy atom. The molecule has 26 heavy (non-hydrogen) atoms. The molecular weight excluding hydrogens is 334 g/mol. The summed E-state index contributed by atoms with van der Waals surface area (Å²) in [5, 5.41) is 0. The van der Waals surface area contributed by atoms with Gasteiger partial charge in [-0.2, -0.15) is 0 Å². The van der Waals surface area contributed by atoms with Crippen molar-refractivity contribution in [3.8, 4) is 0 Å². The second-order valence-electron chi connectivity index (χ2n) is 6.10. The van der Waals surface area contributed by atoms with Gasteiger partial charge in [0, 0.05) is 5.56 Å². The molecule has 0 bridgehead atoms. The van der Waals surface area contributed by atoms with Crippen molar-refractivity contribution in [2.75, 3.05) is 6.61 Å². The zero-order valence-electron chi connectivity index (χ0n) is 14.4. The average Bonchev–Trinajstić information content (AvgIpc) is 2.90. The van der Waals surface area contributed by atoms with E-state index in [1.807, 2.05) is 6.92 Å². The van der Waals surface area contributed by atoms with Crippen molar-refractivity contribution in [1.29, 1.82) is 0 Å². The van der Waals surface area contributed by atoms with Crippen molar-refractivity contribution in [1.82, 2.24) is 4.90 Å². The van der Waals surface area contributed by atoms with Crippen LogP contribution in [0, 0.1) is 6.92 Å². The van der Waals surface area contributed by atoms with E-state index in [4.69, 9.17) is 4.74 Å². The van der Waals surface area contributed by atoms with Crippen molar-refractivity contribution >= 4 is 23.6 Å². The molecule has 132 valence electrons. The predicted octanol–water partition coefficient (Wildman–Crippen LogP) is 2.41. The first-order valence-corrected chi connectivity index (χ1v) is 8.13. The van der Waals surface area contributed by atoms with Crippen LogP contribution in [0.4, 0.5) is 0 Å². The molecule has 0 aromatic heterocycles. The lowest BCUT2D eigenvalue weighted by Crippen LogP contribution is -2.44. The molecular formula is C20H17NO5. The number of esters is 1. The van der Waals surface area contributed by atoms with Crippen molar-refractivity contribution in [3.05, 3.63) is 70.8 Å². The SMILES string of the molecule is Cc1ccc(C(=O)COC(=O)[C@@H](C)N2C(=O)c3ccccc3C2=O)cc1. The molecule has 3 rings (SSSR count). The van der Waals surface area contributed by atoms with Crippen LogP contribution in [0.25, 0.3) is 0 Å². The van der Waals surface area contributed by atoms with Crippen LogP contribution in [-0.2, 0) is 9.53 Å². The van der Waals surface area contributed by atoms with Crippen molar-refractivity contribution in [2.45, 2.75) is 19.9 Å². The first kappa shape index (κ1) is 17.5. The first-order valence-electron chi connectivity index (χ1n) is 8.13. The van der Waals surface area contributed by atoms with Gasteiger partial charge in [-0.1, -0.05) is 42.0 Å². The molecule has 0 unspecified atom stereocenters. The van der Waals surface area contributed by atoms with Gasteiger partial charge >= 0.3 is 5.97 Å². The fourth-order valence-electron chi connectivity index (χ4n) is 2.75. The number of rotatable bonds is 5. The maximum atomic E-state index is 12.4. The summed E-state index contributed by atoms with van der Waals surface area (Å²) in [6.07, 6.45) is 0. The van der Waals surface area contributed by atoms with E-state index in [0.717, 1.165) is 10.5 Å². The highest BCUT2D eigenvalue weighted by atomic mass is 16.5. The number of hydrogen-bond acceptors (Lipinski definition) is 5. The molecule has 2 amide bonds. The Labute approximate surface area is 150 Å². The lowest BCUT2D eigenvalue weighted by molar-refractivity contribution is -0.146. The standard InChI is InChI=1S/C20H17NO5/c1-12-7-9-14(10-8-12)17(22)11-26-20(25)13(2)21-18(23)15-5-3-4-6-16(15)19(21)24/h3-10,13H,11H2,1-2H3/t13-/m1/s1. The van der Waals surface area contributed by atoms with Gasteiger partial charge in [-0.3, -0.25) is 19.3 Å². The maximum Gasteiger partial charge on any atom is 0.329 e. The van der Waals surface area contributed by atoms with Crippen molar-refractivity contribution in [2.24, 2.45) is 0 Å². The fraction of sp³-hybridized carbons (Fsp3) is 0.200. The number of ether oxygens (including phenoxy) is 1. The van der Waals surface area contributed by atoms with Gasteiger partial charge in [0.15, 0.2) is 12.4 Å². The van der Waals surface area contributed by atoms with E-state index in [9.17, 15) is 19.2 Å². The molecule has 0 fully saturated rings. The number of carbonyl (C=O) groups is 4. The number of Topliss-reactive ketones (excluding diaryl/α,β-unsaturated/α-hetero) is 1. The highest BCUT2D eigenvalue weighted by Crippen LogP contribution is 2.24. The van der Waals surface area contributed by atoms with E-state index in [-0.39, 0.29) is 16.9 Å². The van der Waals surface area contributed by atoms with Crippen molar-refractivity contribution < 1.29 is 23.9 Å². The van der Waals surface area contributed by atoms with Gasteiger partial charge in [-0.25, -0.2) is 4.79 Å². The Kier molecular flexibility index (Phi) is 4.67. The molecule has 0 N–H and O–H groups in total. The minimum absolute atomic E-state index is 0.257. The van der Waals surface area contributed by atoms with E-state index < -0.39 is 30.4 Å². The summed E-state index contributed by atoms with van der Waals surface area (Å²) in [4.78, 5) is 49.9. The van der Waals surface area contributed by atoms with Crippen LogP contribution in [0.15, 0.2) is 48.5 Å². The molecule has 1 heterocycles.